The lowest BCUT2D eigenvalue weighted by Crippen LogP contribution is -2.53. The van der Waals surface area contributed by atoms with Crippen LogP contribution in [0.25, 0.3) is 0 Å². The molecule has 0 spiro atoms. The smallest absolute Gasteiger partial charge is 0.323 e. The van der Waals surface area contributed by atoms with E-state index in [2.05, 4.69) is 13.8 Å². The number of carboxylic acids is 1. The molecule has 4 fully saturated rings. The zero-order valence-corrected chi connectivity index (χ0v) is 18.2. The first-order valence-corrected chi connectivity index (χ1v) is 11.9. The monoisotopic (exact) mass is 405 g/mol. The molecule has 164 valence electrons. The zero-order valence-electron chi connectivity index (χ0n) is 18.2. The van der Waals surface area contributed by atoms with Crippen LogP contribution in [-0.2, 0) is 14.3 Å². The predicted octanol–water partition coefficient (Wildman–Crippen LogP) is 4.52. The van der Waals surface area contributed by atoms with Gasteiger partial charge in [0.25, 0.3) is 0 Å². The lowest BCUT2D eigenvalue weighted by Gasteiger charge is -2.60. The summed E-state index contributed by atoms with van der Waals surface area (Å²) in [5.41, 5.74) is 6.84. The summed E-state index contributed by atoms with van der Waals surface area (Å²) >= 11 is 0. The van der Waals surface area contributed by atoms with Crippen LogP contribution in [-0.4, -0.2) is 29.2 Å². The molecule has 3 N–H and O–H groups in total. The Labute approximate surface area is 175 Å². The van der Waals surface area contributed by atoms with Gasteiger partial charge in [-0.05, 0) is 98.7 Å². The van der Waals surface area contributed by atoms with Crippen molar-refractivity contribution < 1.29 is 19.4 Å². The van der Waals surface area contributed by atoms with E-state index in [0.29, 0.717) is 16.7 Å². The summed E-state index contributed by atoms with van der Waals surface area (Å²) in [7, 11) is 0. The topological polar surface area (TPSA) is 89.6 Å². The van der Waals surface area contributed by atoms with E-state index in [9.17, 15) is 9.59 Å². The molecule has 8 atom stereocenters. The van der Waals surface area contributed by atoms with E-state index in [1.807, 2.05) is 0 Å². The summed E-state index contributed by atoms with van der Waals surface area (Å²) in [6.07, 6.45) is 12.7. The SMILES string of the molecule is C[C@@]12CCC[C@H]1[C@@H]1CC[C@@H]3C[C@H](OC(=O)[C@@H](N)CCC(=O)O)CC[C@]3(C)[C@H]1CC2. The first-order valence-electron chi connectivity index (χ1n) is 11.9. The highest BCUT2D eigenvalue weighted by Crippen LogP contribution is 2.66. The first-order chi connectivity index (χ1) is 13.7. The minimum Gasteiger partial charge on any atom is -0.481 e. The van der Waals surface area contributed by atoms with Crippen LogP contribution in [0, 0.1) is 34.5 Å². The third-order valence-electron chi connectivity index (χ3n) is 9.65. The Morgan fingerprint density at radius 2 is 1.86 bits per heavy atom. The highest BCUT2D eigenvalue weighted by molar-refractivity contribution is 5.76. The standard InChI is InChI=1S/C24H39NO4/c1-23-11-3-4-18(23)17-6-5-15-14-16(9-13-24(15,2)19(17)10-12-23)29-22(28)20(25)7-8-21(26)27/h15-20H,3-14,25H2,1-2H3,(H,26,27)/t15-,16-,17+,18+,19+,20+,23+,24+/m1/s1. The number of rotatable bonds is 5. The van der Waals surface area contributed by atoms with E-state index in [4.69, 9.17) is 15.6 Å². The minimum absolute atomic E-state index is 0.0478. The van der Waals surface area contributed by atoms with Crippen LogP contribution in [0.3, 0.4) is 0 Å². The maximum absolute atomic E-state index is 12.3. The molecule has 4 saturated carbocycles. The van der Waals surface area contributed by atoms with Crippen molar-refractivity contribution in [1.82, 2.24) is 0 Å². The number of carbonyl (C=O) groups is 2. The maximum atomic E-state index is 12.3. The van der Waals surface area contributed by atoms with Crippen molar-refractivity contribution >= 4 is 11.9 Å². The van der Waals surface area contributed by atoms with Gasteiger partial charge in [0.1, 0.15) is 12.1 Å². The summed E-state index contributed by atoms with van der Waals surface area (Å²) in [5.74, 6) is 1.96. The molecule has 5 heteroatoms. The number of nitrogens with two attached hydrogens (primary N) is 1. The largest absolute Gasteiger partial charge is 0.481 e. The molecule has 4 aliphatic carbocycles. The van der Waals surface area contributed by atoms with Gasteiger partial charge < -0.3 is 15.6 Å². The van der Waals surface area contributed by atoms with Crippen molar-refractivity contribution in [3.63, 3.8) is 0 Å². The van der Waals surface area contributed by atoms with Crippen molar-refractivity contribution in [2.75, 3.05) is 0 Å². The number of aliphatic carboxylic acids is 1. The molecule has 29 heavy (non-hydrogen) atoms. The third-order valence-corrected chi connectivity index (χ3v) is 9.65. The molecule has 4 aliphatic rings. The number of hydrogen-bond acceptors (Lipinski definition) is 4. The number of hydrogen-bond donors (Lipinski definition) is 2. The Morgan fingerprint density at radius 3 is 2.62 bits per heavy atom. The van der Waals surface area contributed by atoms with Crippen LogP contribution in [0.1, 0.15) is 90.9 Å². The van der Waals surface area contributed by atoms with Crippen LogP contribution in [0.15, 0.2) is 0 Å². The first kappa shape index (κ1) is 21.1. The second-order valence-electron chi connectivity index (χ2n) is 11.1. The zero-order chi connectivity index (χ0) is 20.8. The lowest BCUT2D eigenvalue weighted by atomic mass is 9.45. The summed E-state index contributed by atoms with van der Waals surface area (Å²) < 4.78 is 5.74. The van der Waals surface area contributed by atoms with Gasteiger partial charge in [-0.2, -0.15) is 0 Å². The molecule has 5 nitrogen and oxygen atoms in total. The second kappa shape index (κ2) is 7.86. The Kier molecular flexibility index (Phi) is 5.73. The second-order valence-corrected chi connectivity index (χ2v) is 11.1. The van der Waals surface area contributed by atoms with Crippen molar-refractivity contribution in [2.45, 2.75) is 103 Å². The summed E-state index contributed by atoms with van der Waals surface area (Å²) in [5, 5.41) is 8.78. The average molecular weight is 406 g/mol. The molecular weight excluding hydrogens is 366 g/mol. The minimum atomic E-state index is -0.927. The fourth-order valence-electron chi connectivity index (χ4n) is 7.97. The van der Waals surface area contributed by atoms with Gasteiger partial charge >= 0.3 is 11.9 Å². The van der Waals surface area contributed by atoms with E-state index in [1.54, 1.807) is 0 Å². The fraction of sp³-hybridized carbons (Fsp3) is 0.917. The average Bonchev–Trinajstić information content (AvgIpc) is 3.08. The van der Waals surface area contributed by atoms with Gasteiger partial charge in [0, 0.05) is 6.42 Å². The number of carboxylic acid groups (broad SMARTS) is 1. The van der Waals surface area contributed by atoms with E-state index < -0.39 is 18.0 Å². The maximum Gasteiger partial charge on any atom is 0.323 e. The van der Waals surface area contributed by atoms with Gasteiger partial charge in [0.05, 0.1) is 0 Å². The molecular formula is C24H39NO4. The van der Waals surface area contributed by atoms with E-state index in [-0.39, 0.29) is 18.9 Å². The number of fused-ring (bicyclic) bond motifs is 5. The molecule has 0 bridgehead atoms. The lowest BCUT2D eigenvalue weighted by molar-refractivity contribution is -0.163. The molecule has 0 saturated heterocycles. The molecule has 0 aliphatic heterocycles. The Bertz CT molecular complexity index is 651. The highest BCUT2D eigenvalue weighted by Gasteiger charge is 2.58. The Balaban J connectivity index is 1.37. The number of carbonyl (C=O) groups excluding carboxylic acids is 1. The molecule has 0 radical (unpaired) electrons. The van der Waals surface area contributed by atoms with E-state index >= 15 is 0 Å². The molecule has 0 aromatic rings. The van der Waals surface area contributed by atoms with Crippen molar-refractivity contribution in [1.29, 1.82) is 0 Å². The van der Waals surface area contributed by atoms with Crippen LogP contribution >= 0.6 is 0 Å². The molecule has 4 rings (SSSR count). The fourth-order valence-corrected chi connectivity index (χ4v) is 7.97. The number of ether oxygens (including phenoxy) is 1. The normalized spacial score (nSPS) is 44.9. The number of esters is 1. The summed E-state index contributed by atoms with van der Waals surface area (Å²) in [4.78, 5) is 23.0. The van der Waals surface area contributed by atoms with Gasteiger partial charge in [-0.1, -0.05) is 20.3 Å². The van der Waals surface area contributed by atoms with Gasteiger partial charge in [-0.15, -0.1) is 0 Å². The molecule has 0 heterocycles. The van der Waals surface area contributed by atoms with E-state index in [0.717, 1.165) is 37.0 Å². The molecule has 0 aromatic carbocycles. The van der Waals surface area contributed by atoms with Crippen molar-refractivity contribution in [3.05, 3.63) is 0 Å². The van der Waals surface area contributed by atoms with Crippen LogP contribution in [0.5, 0.6) is 0 Å². The van der Waals surface area contributed by atoms with Crippen LogP contribution in [0.2, 0.25) is 0 Å². The third kappa shape index (κ3) is 3.84. The summed E-state index contributed by atoms with van der Waals surface area (Å²) in [6, 6.07) is -0.825. The predicted molar refractivity (Wildman–Crippen MR) is 111 cm³/mol. The van der Waals surface area contributed by atoms with E-state index in [1.165, 1.54) is 44.9 Å². The van der Waals surface area contributed by atoms with Crippen LogP contribution in [0.4, 0.5) is 0 Å². The molecule has 0 amide bonds. The molecule has 0 unspecified atom stereocenters. The van der Waals surface area contributed by atoms with Gasteiger partial charge in [-0.25, -0.2) is 0 Å². The Morgan fingerprint density at radius 1 is 1.07 bits per heavy atom. The Hall–Kier alpha value is -1.10. The van der Waals surface area contributed by atoms with Crippen molar-refractivity contribution in [2.24, 2.45) is 40.2 Å². The van der Waals surface area contributed by atoms with Crippen molar-refractivity contribution in [3.8, 4) is 0 Å². The quantitative estimate of drug-likeness (QED) is 0.656. The molecule has 0 aromatic heterocycles. The van der Waals surface area contributed by atoms with Gasteiger partial charge in [0.15, 0.2) is 0 Å². The van der Waals surface area contributed by atoms with Gasteiger partial charge in [-0.3, -0.25) is 9.59 Å². The van der Waals surface area contributed by atoms with Gasteiger partial charge in [0.2, 0.25) is 0 Å². The summed E-state index contributed by atoms with van der Waals surface area (Å²) in [6.45, 7) is 5.09. The highest BCUT2D eigenvalue weighted by atomic mass is 16.5. The van der Waals surface area contributed by atoms with Crippen LogP contribution < -0.4 is 5.73 Å².